The molecule has 0 saturated carbocycles. The summed E-state index contributed by atoms with van der Waals surface area (Å²) >= 11 is 0. The monoisotopic (exact) mass is 380 g/mol. The smallest absolute Gasteiger partial charge is 0.245 e. The number of carbonyl (C=O) groups is 1. The molecular weight excluding hydrogens is 362 g/mol. The van der Waals surface area contributed by atoms with E-state index in [9.17, 15) is 22.0 Å². The van der Waals surface area contributed by atoms with Crippen LogP contribution in [0.25, 0.3) is 0 Å². The van der Waals surface area contributed by atoms with E-state index in [-0.39, 0.29) is 12.3 Å². The van der Waals surface area contributed by atoms with E-state index in [2.05, 4.69) is 4.72 Å². The molecule has 1 heterocycles. The minimum absolute atomic E-state index is 0.286. The highest BCUT2D eigenvalue weighted by atomic mass is 32.2. The first-order valence-electron chi connectivity index (χ1n) is 8.05. The Morgan fingerprint density at radius 2 is 1.77 bits per heavy atom. The topological polar surface area (TPSA) is 66.5 Å². The molecule has 1 amide bonds. The van der Waals surface area contributed by atoms with Crippen molar-refractivity contribution < 1.29 is 22.0 Å². The van der Waals surface area contributed by atoms with Crippen molar-refractivity contribution in [3.63, 3.8) is 0 Å². The zero-order chi connectivity index (χ0) is 19.1. The van der Waals surface area contributed by atoms with Crippen molar-refractivity contribution in [1.29, 1.82) is 0 Å². The lowest BCUT2D eigenvalue weighted by Gasteiger charge is -2.18. The van der Waals surface area contributed by atoms with Gasteiger partial charge in [-0.05, 0) is 61.7 Å². The van der Waals surface area contributed by atoms with E-state index in [1.807, 2.05) is 32.0 Å². The Bertz CT molecular complexity index is 976. The Kier molecular flexibility index (Phi) is 4.81. The van der Waals surface area contributed by atoms with Gasteiger partial charge in [0.15, 0.2) is 11.6 Å². The number of aryl methyl sites for hydroxylation is 2. The molecule has 1 aliphatic heterocycles. The number of carbonyl (C=O) groups excluding carboxylic acids is 1. The maximum absolute atomic E-state index is 13.3. The van der Waals surface area contributed by atoms with Gasteiger partial charge in [0.25, 0.3) is 0 Å². The first-order valence-corrected chi connectivity index (χ1v) is 9.53. The average Bonchev–Trinajstić information content (AvgIpc) is 2.93. The number of benzene rings is 2. The predicted octanol–water partition coefficient (Wildman–Crippen LogP) is 2.67. The molecule has 3 rings (SSSR count). The Hall–Kier alpha value is -2.32. The average molecular weight is 380 g/mol. The van der Waals surface area contributed by atoms with Gasteiger partial charge >= 0.3 is 0 Å². The molecule has 0 radical (unpaired) electrons. The first kappa shape index (κ1) is 18.5. The lowest BCUT2D eigenvalue weighted by molar-refractivity contribution is -0.118. The van der Waals surface area contributed by atoms with Crippen LogP contribution in [0.4, 0.5) is 14.5 Å². The second kappa shape index (κ2) is 6.77. The van der Waals surface area contributed by atoms with Gasteiger partial charge in [-0.25, -0.2) is 17.2 Å². The van der Waals surface area contributed by atoms with Crippen LogP contribution in [0, 0.1) is 25.5 Å². The van der Waals surface area contributed by atoms with Crippen LogP contribution in [0.15, 0.2) is 41.3 Å². The molecule has 1 fully saturated rings. The molecule has 1 N–H and O–H groups in total. The normalized spacial score (nSPS) is 17.8. The maximum Gasteiger partial charge on any atom is 0.245 e. The fraction of sp³-hybridized carbons (Fsp3) is 0.278. The van der Waals surface area contributed by atoms with Crippen molar-refractivity contribution in [3.05, 3.63) is 59.2 Å². The van der Waals surface area contributed by atoms with E-state index < -0.39 is 32.6 Å². The number of hydrogen-bond donors (Lipinski definition) is 1. The van der Waals surface area contributed by atoms with Crippen molar-refractivity contribution in [1.82, 2.24) is 4.72 Å². The third-order valence-electron chi connectivity index (χ3n) is 4.51. The lowest BCUT2D eigenvalue weighted by Crippen LogP contribution is -2.41. The largest absolute Gasteiger partial charge is 0.311 e. The second-order valence-corrected chi connectivity index (χ2v) is 8.01. The summed E-state index contributed by atoms with van der Waals surface area (Å²) < 4.78 is 53.3. The number of sulfonamides is 1. The SMILES string of the molecule is Cc1ccc(N2CCC(NS(=O)(=O)c3ccc(F)c(F)c3)C2=O)cc1C. The molecule has 1 saturated heterocycles. The minimum atomic E-state index is -4.14. The van der Waals surface area contributed by atoms with Crippen LogP contribution in [-0.2, 0) is 14.8 Å². The van der Waals surface area contributed by atoms with Gasteiger partial charge in [-0.3, -0.25) is 4.79 Å². The fourth-order valence-corrected chi connectivity index (χ4v) is 4.07. The molecule has 2 aromatic carbocycles. The van der Waals surface area contributed by atoms with Gasteiger partial charge in [-0.15, -0.1) is 0 Å². The van der Waals surface area contributed by atoms with E-state index in [4.69, 9.17) is 0 Å². The van der Waals surface area contributed by atoms with Gasteiger partial charge in [-0.1, -0.05) is 6.07 Å². The molecule has 1 aliphatic rings. The third kappa shape index (κ3) is 3.47. The maximum atomic E-state index is 13.3. The molecular formula is C18H18F2N2O3S. The van der Waals surface area contributed by atoms with E-state index in [1.165, 1.54) is 4.90 Å². The number of amides is 1. The van der Waals surface area contributed by atoms with Crippen molar-refractivity contribution in [2.75, 3.05) is 11.4 Å². The van der Waals surface area contributed by atoms with Crippen LogP contribution in [0.1, 0.15) is 17.5 Å². The summed E-state index contributed by atoms with van der Waals surface area (Å²) in [4.78, 5) is 13.7. The minimum Gasteiger partial charge on any atom is -0.311 e. The number of hydrogen-bond acceptors (Lipinski definition) is 3. The second-order valence-electron chi connectivity index (χ2n) is 6.30. The fourth-order valence-electron chi connectivity index (χ4n) is 2.84. The van der Waals surface area contributed by atoms with Gasteiger partial charge in [0, 0.05) is 12.2 Å². The number of nitrogens with zero attached hydrogens (tertiary/aromatic N) is 1. The third-order valence-corrected chi connectivity index (χ3v) is 5.98. The van der Waals surface area contributed by atoms with Crippen LogP contribution in [0.3, 0.4) is 0 Å². The molecule has 138 valence electrons. The Balaban J connectivity index is 1.79. The lowest BCUT2D eigenvalue weighted by atomic mass is 10.1. The standard InChI is InChI=1S/C18H18F2N2O3S/c1-11-3-4-13(9-12(11)2)22-8-7-17(18(22)23)21-26(24,25)14-5-6-15(19)16(20)10-14/h3-6,9-10,17,21H,7-8H2,1-2H3. The number of rotatable bonds is 4. The Labute approximate surface area is 150 Å². The highest BCUT2D eigenvalue weighted by Crippen LogP contribution is 2.25. The highest BCUT2D eigenvalue weighted by Gasteiger charge is 2.36. The van der Waals surface area contributed by atoms with Crippen LogP contribution < -0.4 is 9.62 Å². The zero-order valence-electron chi connectivity index (χ0n) is 14.3. The van der Waals surface area contributed by atoms with Gasteiger partial charge in [0.2, 0.25) is 15.9 Å². The van der Waals surface area contributed by atoms with Gasteiger partial charge in [0.1, 0.15) is 6.04 Å². The van der Waals surface area contributed by atoms with Gasteiger partial charge in [0.05, 0.1) is 4.90 Å². The predicted molar refractivity (Wildman–Crippen MR) is 93.4 cm³/mol. The molecule has 1 unspecified atom stereocenters. The summed E-state index contributed by atoms with van der Waals surface area (Å²) in [7, 11) is -4.14. The van der Waals surface area contributed by atoms with E-state index in [1.54, 1.807) is 0 Å². The first-order chi connectivity index (χ1) is 12.2. The van der Waals surface area contributed by atoms with Crippen LogP contribution >= 0.6 is 0 Å². The Morgan fingerprint density at radius 1 is 1.04 bits per heavy atom. The van der Waals surface area contributed by atoms with E-state index in [0.29, 0.717) is 18.3 Å². The molecule has 0 aliphatic carbocycles. The Morgan fingerprint density at radius 3 is 2.42 bits per heavy atom. The van der Waals surface area contributed by atoms with Crippen molar-refractivity contribution in [3.8, 4) is 0 Å². The molecule has 0 bridgehead atoms. The summed E-state index contributed by atoms with van der Waals surface area (Å²) in [6, 6.07) is 6.93. The summed E-state index contributed by atoms with van der Waals surface area (Å²) in [6.45, 7) is 4.26. The number of anilines is 1. The van der Waals surface area contributed by atoms with Crippen LogP contribution in [0.2, 0.25) is 0 Å². The molecule has 1 atom stereocenters. The summed E-state index contributed by atoms with van der Waals surface area (Å²) in [5.74, 6) is -2.77. The van der Waals surface area contributed by atoms with Crippen molar-refractivity contribution in [2.24, 2.45) is 0 Å². The van der Waals surface area contributed by atoms with Crippen LogP contribution in [0.5, 0.6) is 0 Å². The number of halogens is 2. The molecule has 8 heteroatoms. The van der Waals surface area contributed by atoms with Crippen molar-refractivity contribution in [2.45, 2.75) is 31.2 Å². The molecule has 26 heavy (non-hydrogen) atoms. The van der Waals surface area contributed by atoms with Crippen molar-refractivity contribution >= 4 is 21.6 Å². The summed E-state index contributed by atoms with van der Waals surface area (Å²) in [6.07, 6.45) is 0.286. The summed E-state index contributed by atoms with van der Waals surface area (Å²) in [5, 5.41) is 0. The molecule has 0 spiro atoms. The molecule has 5 nitrogen and oxygen atoms in total. The number of nitrogens with one attached hydrogen (secondary N) is 1. The molecule has 2 aromatic rings. The van der Waals surface area contributed by atoms with Gasteiger partial charge in [-0.2, -0.15) is 4.72 Å². The van der Waals surface area contributed by atoms with Gasteiger partial charge < -0.3 is 4.90 Å². The summed E-state index contributed by atoms with van der Waals surface area (Å²) in [5.41, 5.74) is 2.82. The van der Waals surface area contributed by atoms with E-state index >= 15 is 0 Å². The molecule has 0 aromatic heterocycles. The van der Waals surface area contributed by atoms with Crippen LogP contribution in [-0.4, -0.2) is 26.9 Å². The quantitative estimate of drug-likeness (QED) is 0.887. The van der Waals surface area contributed by atoms with E-state index in [0.717, 1.165) is 23.3 Å². The highest BCUT2D eigenvalue weighted by molar-refractivity contribution is 7.89. The zero-order valence-corrected chi connectivity index (χ0v) is 15.1.